The van der Waals surface area contributed by atoms with Crippen molar-refractivity contribution in [3.05, 3.63) is 35.9 Å². The lowest BCUT2D eigenvalue weighted by atomic mass is 10.0. The molecule has 1 unspecified atom stereocenters. The number of amides is 1. The average molecular weight is 311 g/mol. The number of ether oxygens (including phenoxy) is 1. The van der Waals surface area contributed by atoms with Gasteiger partial charge in [0.1, 0.15) is 0 Å². The van der Waals surface area contributed by atoms with Gasteiger partial charge in [-0.15, -0.1) is 0 Å². The topological polar surface area (TPSA) is 65.1 Å². The first-order valence-electron chi connectivity index (χ1n) is 6.34. The van der Waals surface area contributed by atoms with E-state index in [1.165, 1.54) is 26.2 Å². The van der Waals surface area contributed by atoms with Gasteiger partial charge >= 0.3 is 13.7 Å². The molecule has 1 atom stereocenters. The normalized spacial score (nSPS) is 18.0. The summed E-state index contributed by atoms with van der Waals surface area (Å²) in [6.45, 7) is 1.89. The zero-order valence-electron chi connectivity index (χ0n) is 12.4. The molecule has 0 N–H and O–H groups in total. The highest BCUT2D eigenvalue weighted by Gasteiger charge is 2.43. The molecule has 1 heterocycles. The van der Waals surface area contributed by atoms with Gasteiger partial charge in [0.05, 0.1) is 12.8 Å². The minimum Gasteiger partial charge on any atom is -0.452 e. The number of nitrogens with zero attached hydrogens (tertiary/aromatic N) is 1. The quantitative estimate of drug-likeness (QED) is 0.799. The number of carbonyl (C=O) groups excluding carboxylic acids is 1. The molecule has 1 aliphatic rings. The lowest BCUT2D eigenvalue weighted by molar-refractivity contribution is 0.176. The molecule has 114 valence electrons. The third kappa shape index (κ3) is 2.62. The summed E-state index contributed by atoms with van der Waals surface area (Å²) in [4.78, 5) is 13.5. The van der Waals surface area contributed by atoms with Crippen LogP contribution in [0.4, 0.5) is 10.5 Å². The molecule has 1 aromatic carbocycles. The second-order valence-corrected chi connectivity index (χ2v) is 6.86. The number of hydrogen-bond donors (Lipinski definition) is 0. The summed E-state index contributed by atoms with van der Waals surface area (Å²) in [6.07, 6.45) is 1.08. The number of benzene rings is 1. The van der Waals surface area contributed by atoms with E-state index in [4.69, 9.17) is 13.8 Å². The highest BCUT2D eigenvalue weighted by atomic mass is 31.2. The van der Waals surface area contributed by atoms with Crippen molar-refractivity contribution in [1.82, 2.24) is 0 Å². The second kappa shape index (κ2) is 6.02. The molecule has 0 bridgehead atoms. The zero-order chi connectivity index (χ0) is 15.6. The van der Waals surface area contributed by atoms with Crippen molar-refractivity contribution in [2.24, 2.45) is 0 Å². The van der Waals surface area contributed by atoms with Crippen molar-refractivity contribution in [2.75, 3.05) is 26.2 Å². The number of anilines is 1. The molecular formula is C14H18NO5P. The largest absolute Gasteiger partial charge is 0.452 e. The molecule has 0 aliphatic carbocycles. The number of methoxy groups -OCH3 is 1. The van der Waals surface area contributed by atoms with E-state index in [1.807, 2.05) is 19.1 Å². The van der Waals surface area contributed by atoms with E-state index in [0.29, 0.717) is 5.69 Å². The maximum absolute atomic E-state index is 12.8. The molecule has 7 heteroatoms. The molecule has 6 nitrogen and oxygen atoms in total. The van der Waals surface area contributed by atoms with E-state index in [1.54, 1.807) is 18.2 Å². The van der Waals surface area contributed by atoms with E-state index in [2.05, 4.69) is 0 Å². The minimum absolute atomic E-state index is 0.615. The van der Waals surface area contributed by atoms with Gasteiger partial charge in [0, 0.05) is 19.8 Å². The maximum atomic E-state index is 12.8. The van der Waals surface area contributed by atoms with Gasteiger partial charge in [-0.1, -0.05) is 18.2 Å². The summed E-state index contributed by atoms with van der Waals surface area (Å²) in [7, 11) is 0.342. The maximum Gasteiger partial charge on any atom is 0.415 e. The van der Waals surface area contributed by atoms with Crippen molar-refractivity contribution >= 4 is 24.9 Å². The van der Waals surface area contributed by atoms with Crippen molar-refractivity contribution in [1.29, 1.82) is 0 Å². The van der Waals surface area contributed by atoms with Crippen LogP contribution < -0.4 is 4.90 Å². The van der Waals surface area contributed by atoms with Gasteiger partial charge in [0.15, 0.2) is 5.78 Å². The fourth-order valence-corrected chi connectivity index (χ4v) is 3.86. The first kappa shape index (κ1) is 15.8. The van der Waals surface area contributed by atoms with Gasteiger partial charge in [-0.3, -0.25) is 9.46 Å². The van der Waals surface area contributed by atoms with E-state index >= 15 is 0 Å². The summed E-state index contributed by atoms with van der Waals surface area (Å²) in [5.74, 6) is -0.866. The molecule has 1 amide bonds. The van der Waals surface area contributed by atoms with Crippen LogP contribution in [0.1, 0.15) is 12.5 Å². The van der Waals surface area contributed by atoms with Gasteiger partial charge in [-0.05, 0) is 24.6 Å². The highest BCUT2D eigenvalue weighted by Crippen LogP contribution is 2.56. The molecular weight excluding hydrogens is 293 g/mol. The van der Waals surface area contributed by atoms with Crippen LogP contribution in [0.15, 0.2) is 30.3 Å². The van der Waals surface area contributed by atoms with Crippen molar-refractivity contribution < 1.29 is 23.1 Å². The third-order valence-electron chi connectivity index (χ3n) is 3.46. The van der Waals surface area contributed by atoms with E-state index in [-0.39, 0.29) is 0 Å². The smallest absolute Gasteiger partial charge is 0.415 e. The van der Waals surface area contributed by atoms with Crippen LogP contribution in [0.25, 0.3) is 5.57 Å². The van der Waals surface area contributed by atoms with Crippen molar-refractivity contribution in [3.63, 3.8) is 0 Å². The molecule has 1 aromatic rings. The molecule has 0 fully saturated rings. The van der Waals surface area contributed by atoms with Crippen LogP contribution in [0.5, 0.6) is 0 Å². The predicted molar refractivity (Wildman–Crippen MR) is 80.4 cm³/mol. The SMILES string of the molecule is COC(=O)N1c2ccccc2C(C)=CC1P(=O)(OC)OC. The Bertz CT molecular complexity index is 620. The molecule has 0 spiro atoms. The Morgan fingerprint density at radius 1 is 1.19 bits per heavy atom. The number of fused-ring (bicyclic) bond motifs is 1. The molecule has 0 aromatic heterocycles. The summed E-state index contributed by atoms with van der Waals surface area (Å²) in [5.41, 5.74) is 2.38. The molecule has 2 rings (SSSR count). The minimum atomic E-state index is -3.52. The monoisotopic (exact) mass is 311 g/mol. The van der Waals surface area contributed by atoms with E-state index < -0.39 is 19.5 Å². The van der Waals surface area contributed by atoms with Crippen LogP contribution in [0.3, 0.4) is 0 Å². The molecule has 0 saturated carbocycles. The number of allylic oxidation sites excluding steroid dienone is 1. The van der Waals surface area contributed by atoms with Crippen LogP contribution >= 0.6 is 7.60 Å². The number of hydrogen-bond acceptors (Lipinski definition) is 5. The number of carbonyl (C=O) groups is 1. The Morgan fingerprint density at radius 2 is 1.81 bits per heavy atom. The predicted octanol–water partition coefficient (Wildman–Crippen LogP) is 3.49. The summed E-state index contributed by atoms with van der Waals surface area (Å²) in [5, 5.41) is 0. The molecule has 1 aliphatic heterocycles. The van der Waals surface area contributed by atoms with Crippen LogP contribution in [-0.2, 0) is 18.3 Å². The lowest BCUT2D eigenvalue weighted by Crippen LogP contribution is -2.42. The zero-order valence-corrected chi connectivity index (χ0v) is 13.3. The van der Waals surface area contributed by atoms with Gasteiger partial charge in [-0.2, -0.15) is 0 Å². The van der Waals surface area contributed by atoms with Gasteiger partial charge < -0.3 is 13.8 Å². The Morgan fingerprint density at radius 3 is 2.38 bits per heavy atom. The lowest BCUT2D eigenvalue weighted by Gasteiger charge is -2.36. The Kier molecular flexibility index (Phi) is 4.52. The summed E-state index contributed by atoms with van der Waals surface area (Å²) in [6, 6.07) is 7.33. The average Bonchev–Trinajstić information content (AvgIpc) is 2.53. The molecule has 0 radical (unpaired) electrons. The van der Waals surface area contributed by atoms with Crippen molar-refractivity contribution in [2.45, 2.75) is 12.7 Å². The molecule has 0 saturated heterocycles. The van der Waals surface area contributed by atoms with Crippen LogP contribution in [0, 0.1) is 0 Å². The standard InChI is InChI=1S/C14H18NO5P/c1-10-9-13(21(17,19-3)20-4)15(14(16)18-2)12-8-6-5-7-11(10)12/h5-9,13H,1-4H3. The summed E-state index contributed by atoms with van der Waals surface area (Å²) >= 11 is 0. The fourth-order valence-electron chi connectivity index (χ4n) is 2.38. The first-order chi connectivity index (χ1) is 9.98. The molecule has 21 heavy (non-hydrogen) atoms. The van der Waals surface area contributed by atoms with Gasteiger partial charge in [0.2, 0.25) is 0 Å². The Balaban J connectivity index is 2.64. The van der Waals surface area contributed by atoms with Crippen LogP contribution in [-0.4, -0.2) is 33.2 Å². The van der Waals surface area contributed by atoms with Gasteiger partial charge in [0.25, 0.3) is 0 Å². The number of rotatable bonds is 3. The summed E-state index contributed by atoms with van der Waals surface area (Å²) < 4.78 is 27.7. The van der Waals surface area contributed by atoms with Gasteiger partial charge in [-0.25, -0.2) is 4.79 Å². The van der Waals surface area contributed by atoms with Crippen molar-refractivity contribution in [3.8, 4) is 0 Å². The highest BCUT2D eigenvalue weighted by molar-refractivity contribution is 7.55. The number of para-hydroxylation sites is 1. The Hall–Kier alpha value is -1.62. The van der Waals surface area contributed by atoms with E-state index in [9.17, 15) is 9.36 Å². The Labute approximate surface area is 123 Å². The van der Waals surface area contributed by atoms with Crippen LogP contribution in [0.2, 0.25) is 0 Å². The second-order valence-electron chi connectivity index (χ2n) is 4.53. The third-order valence-corrected chi connectivity index (χ3v) is 5.50. The first-order valence-corrected chi connectivity index (χ1v) is 7.96. The fraction of sp³-hybridized carbons (Fsp3) is 0.357. The van der Waals surface area contributed by atoms with E-state index in [0.717, 1.165) is 11.1 Å².